The molecule has 6 nitrogen and oxygen atoms in total. The third-order valence-corrected chi connectivity index (χ3v) is 2.98. The Bertz CT molecular complexity index is 473. The van der Waals surface area contributed by atoms with Crippen LogP contribution >= 0.6 is 0 Å². The number of rotatable bonds is 7. The number of urea groups is 1. The molecule has 1 rings (SSSR count). The van der Waals surface area contributed by atoms with Crippen LogP contribution in [0, 0.1) is 12.8 Å². The molecule has 21 heavy (non-hydrogen) atoms. The van der Waals surface area contributed by atoms with E-state index in [-0.39, 0.29) is 12.6 Å². The van der Waals surface area contributed by atoms with Crippen LogP contribution < -0.4 is 10.1 Å². The molecule has 0 aliphatic heterocycles. The van der Waals surface area contributed by atoms with Gasteiger partial charge in [-0.2, -0.15) is 0 Å². The number of carbonyl (C=O) groups is 2. The second-order valence-corrected chi connectivity index (χ2v) is 5.01. The lowest BCUT2D eigenvalue weighted by molar-refractivity contribution is -0.141. The lowest BCUT2D eigenvalue weighted by Crippen LogP contribution is -2.42. The molecule has 0 aliphatic carbocycles. The van der Waals surface area contributed by atoms with Crippen LogP contribution in [0.3, 0.4) is 0 Å². The van der Waals surface area contributed by atoms with Crippen molar-refractivity contribution in [2.75, 3.05) is 26.7 Å². The molecule has 0 radical (unpaired) electrons. The molecule has 1 aromatic rings. The minimum absolute atomic E-state index is 0.167. The Morgan fingerprint density at radius 2 is 1.95 bits per heavy atom. The number of nitrogens with zero attached hydrogens (tertiary/aromatic N) is 1. The van der Waals surface area contributed by atoms with Crippen LogP contribution in [0.2, 0.25) is 0 Å². The first-order valence-corrected chi connectivity index (χ1v) is 6.81. The van der Waals surface area contributed by atoms with E-state index in [1.165, 1.54) is 4.90 Å². The number of carboxylic acid groups (broad SMARTS) is 1. The quantitative estimate of drug-likeness (QED) is 0.751. The van der Waals surface area contributed by atoms with Gasteiger partial charge < -0.3 is 20.1 Å². The number of nitrogens with one attached hydrogen (secondary N) is 1. The van der Waals surface area contributed by atoms with Crippen LogP contribution in [0.4, 0.5) is 4.79 Å². The molecular formula is C15H22N2O4. The number of carboxylic acids is 1. The molecule has 116 valence electrons. The smallest absolute Gasteiger partial charge is 0.317 e. The Kier molecular flexibility index (Phi) is 6.52. The summed E-state index contributed by atoms with van der Waals surface area (Å²) in [6, 6.07) is 7.34. The van der Waals surface area contributed by atoms with Crippen molar-refractivity contribution in [1.82, 2.24) is 10.2 Å². The van der Waals surface area contributed by atoms with Gasteiger partial charge in [0.05, 0.1) is 12.5 Å². The second-order valence-electron chi connectivity index (χ2n) is 5.01. The Morgan fingerprint density at radius 1 is 1.33 bits per heavy atom. The number of hydrogen-bond donors (Lipinski definition) is 2. The van der Waals surface area contributed by atoms with E-state index in [0.717, 1.165) is 11.3 Å². The molecule has 1 aromatic carbocycles. The van der Waals surface area contributed by atoms with Crippen LogP contribution in [0.15, 0.2) is 24.3 Å². The highest BCUT2D eigenvalue weighted by molar-refractivity contribution is 5.75. The molecule has 0 saturated heterocycles. The maximum atomic E-state index is 11.7. The molecule has 0 fully saturated rings. The zero-order chi connectivity index (χ0) is 15.8. The molecule has 1 atom stereocenters. The predicted octanol–water partition coefficient (Wildman–Crippen LogP) is 1.74. The highest BCUT2D eigenvalue weighted by Gasteiger charge is 2.16. The number of ether oxygens (including phenoxy) is 1. The second kappa shape index (κ2) is 8.14. The number of aliphatic carboxylic acids is 1. The Labute approximate surface area is 124 Å². The van der Waals surface area contributed by atoms with Crippen molar-refractivity contribution in [1.29, 1.82) is 0 Å². The zero-order valence-electron chi connectivity index (χ0n) is 12.6. The van der Waals surface area contributed by atoms with E-state index in [9.17, 15) is 9.59 Å². The summed E-state index contributed by atoms with van der Waals surface area (Å²) in [7, 11) is 1.57. The van der Waals surface area contributed by atoms with Crippen molar-refractivity contribution in [3.05, 3.63) is 29.8 Å². The lowest BCUT2D eigenvalue weighted by Gasteiger charge is -2.20. The summed E-state index contributed by atoms with van der Waals surface area (Å²) >= 11 is 0. The van der Waals surface area contributed by atoms with Crippen molar-refractivity contribution < 1.29 is 19.4 Å². The molecule has 0 heterocycles. The van der Waals surface area contributed by atoms with E-state index in [4.69, 9.17) is 9.84 Å². The van der Waals surface area contributed by atoms with Gasteiger partial charge in [0.25, 0.3) is 0 Å². The summed E-state index contributed by atoms with van der Waals surface area (Å²) in [5.41, 5.74) is 1.16. The topological polar surface area (TPSA) is 78.9 Å². The number of amides is 2. The van der Waals surface area contributed by atoms with Crippen molar-refractivity contribution in [3.8, 4) is 5.75 Å². The first-order valence-electron chi connectivity index (χ1n) is 6.81. The molecule has 2 amide bonds. The van der Waals surface area contributed by atoms with Crippen LogP contribution in [0.1, 0.15) is 12.5 Å². The third kappa shape index (κ3) is 6.16. The maximum absolute atomic E-state index is 11.7. The fourth-order valence-electron chi connectivity index (χ4n) is 1.67. The lowest BCUT2D eigenvalue weighted by atomic mass is 10.2. The van der Waals surface area contributed by atoms with E-state index in [2.05, 4.69) is 5.32 Å². The standard InChI is InChI=1S/C15H22N2O4/c1-11-4-6-13(7-5-11)21-9-8-16-15(20)17(3)10-12(2)14(18)19/h4-7,12H,8-10H2,1-3H3,(H,16,20)(H,18,19). The van der Waals surface area contributed by atoms with Gasteiger partial charge in [0.1, 0.15) is 12.4 Å². The van der Waals surface area contributed by atoms with Crippen LogP contribution in [-0.4, -0.2) is 48.8 Å². The summed E-state index contributed by atoms with van der Waals surface area (Å²) < 4.78 is 5.48. The largest absolute Gasteiger partial charge is 0.492 e. The SMILES string of the molecule is Cc1ccc(OCCNC(=O)N(C)CC(C)C(=O)O)cc1. The zero-order valence-corrected chi connectivity index (χ0v) is 12.6. The summed E-state index contributed by atoms with van der Waals surface area (Å²) in [6.45, 7) is 4.44. The number of benzene rings is 1. The molecule has 1 unspecified atom stereocenters. The summed E-state index contributed by atoms with van der Waals surface area (Å²) in [6.07, 6.45) is 0. The van der Waals surface area contributed by atoms with Gasteiger partial charge in [-0.25, -0.2) is 4.79 Å². The molecule has 6 heteroatoms. The Balaban J connectivity index is 2.24. The van der Waals surface area contributed by atoms with Gasteiger partial charge in [0.2, 0.25) is 0 Å². The van der Waals surface area contributed by atoms with Crippen LogP contribution in [-0.2, 0) is 4.79 Å². The van der Waals surface area contributed by atoms with Gasteiger partial charge >= 0.3 is 12.0 Å². The van der Waals surface area contributed by atoms with E-state index < -0.39 is 11.9 Å². The van der Waals surface area contributed by atoms with Gasteiger partial charge in [0.15, 0.2) is 0 Å². The average molecular weight is 294 g/mol. The molecule has 0 spiro atoms. The Hall–Kier alpha value is -2.24. The number of carbonyl (C=O) groups excluding carboxylic acids is 1. The van der Waals surface area contributed by atoms with E-state index in [0.29, 0.717) is 13.2 Å². The van der Waals surface area contributed by atoms with Crippen molar-refractivity contribution in [2.24, 2.45) is 5.92 Å². The van der Waals surface area contributed by atoms with E-state index >= 15 is 0 Å². The highest BCUT2D eigenvalue weighted by atomic mass is 16.5. The van der Waals surface area contributed by atoms with Gasteiger partial charge in [-0.1, -0.05) is 24.6 Å². The maximum Gasteiger partial charge on any atom is 0.317 e. The van der Waals surface area contributed by atoms with Gasteiger partial charge in [-0.3, -0.25) is 4.79 Å². The summed E-state index contributed by atoms with van der Waals surface area (Å²) in [4.78, 5) is 23.8. The van der Waals surface area contributed by atoms with Crippen molar-refractivity contribution >= 4 is 12.0 Å². The van der Waals surface area contributed by atoms with Crippen molar-refractivity contribution in [2.45, 2.75) is 13.8 Å². The fraction of sp³-hybridized carbons (Fsp3) is 0.467. The summed E-state index contributed by atoms with van der Waals surface area (Å²) in [5, 5.41) is 11.5. The van der Waals surface area contributed by atoms with E-state index in [1.54, 1.807) is 14.0 Å². The monoisotopic (exact) mass is 294 g/mol. The first-order chi connectivity index (χ1) is 9.90. The van der Waals surface area contributed by atoms with Gasteiger partial charge in [-0.15, -0.1) is 0 Å². The predicted molar refractivity (Wildman–Crippen MR) is 79.5 cm³/mol. The van der Waals surface area contributed by atoms with E-state index in [1.807, 2.05) is 31.2 Å². The fourth-order valence-corrected chi connectivity index (χ4v) is 1.67. The van der Waals surface area contributed by atoms with Crippen LogP contribution in [0.25, 0.3) is 0 Å². The molecule has 0 aromatic heterocycles. The van der Waals surface area contributed by atoms with Gasteiger partial charge in [-0.05, 0) is 19.1 Å². The molecule has 0 aliphatic rings. The van der Waals surface area contributed by atoms with Gasteiger partial charge in [0, 0.05) is 13.6 Å². The minimum atomic E-state index is -0.919. The number of hydrogen-bond acceptors (Lipinski definition) is 3. The third-order valence-electron chi connectivity index (χ3n) is 2.98. The molecule has 0 saturated carbocycles. The molecule has 0 bridgehead atoms. The van der Waals surface area contributed by atoms with Crippen molar-refractivity contribution in [3.63, 3.8) is 0 Å². The summed E-state index contributed by atoms with van der Waals surface area (Å²) in [5.74, 6) is -0.760. The average Bonchev–Trinajstić information content (AvgIpc) is 2.44. The number of aryl methyl sites for hydroxylation is 1. The molecular weight excluding hydrogens is 272 g/mol. The van der Waals surface area contributed by atoms with Crippen LogP contribution in [0.5, 0.6) is 5.75 Å². The highest BCUT2D eigenvalue weighted by Crippen LogP contribution is 2.10. The normalized spacial score (nSPS) is 11.6. The first kappa shape index (κ1) is 16.8. The molecule has 2 N–H and O–H groups in total. The minimum Gasteiger partial charge on any atom is -0.492 e. The Morgan fingerprint density at radius 3 is 2.52 bits per heavy atom.